The fraction of sp³-hybridized carbons (Fsp3) is 0.781. The van der Waals surface area contributed by atoms with Crippen LogP contribution in [0.4, 0.5) is 0 Å². The SMILES string of the molecule is CC(=O)O[C@@H]1C[C@H](O)[C@@]23CO[C@@H](OC(=O)C(C)C)[C@]1(C)[C@@H]2C[C@@H](O)[C@]1(C)[C@@H]3C(=O)[C@H](O)[C@@]2(C)[C@H](c3ccoc3)C[C@H]3O[C@]321. The first kappa shape index (κ1) is 29.4. The Hall–Kier alpha value is -2.31. The molecule has 6 fully saturated rings. The van der Waals surface area contributed by atoms with Crippen LogP contribution in [0.1, 0.15) is 72.3 Å². The third-order valence-electron chi connectivity index (χ3n) is 13.0. The van der Waals surface area contributed by atoms with E-state index in [9.17, 15) is 29.7 Å². The van der Waals surface area contributed by atoms with Crippen molar-refractivity contribution in [1.82, 2.24) is 0 Å². The van der Waals surface area contributed by atoms with Crippen molar-refractivity contribution in [3.05, 3.63) is 24.2 Å². The summed E-state index contributed by atoms with van der Waals surface area (Å²) in [5, 5.41) is 36.4. The number of rotatable bonds is 4. The number of hydrogen-bond donors (Lipinski definition) is 3. The third-order valence-corrected chi connectivity index (χ3v) is 13.0. The second-order valence-electron chi connectivity index (χ2n) is 14.9. The zero-order chi connectivity index (χ0) is 31.1. The first-order valence-electron chi connectivity index (χ1n) is 15.4. The molecule has 0 amide bonds. The fourth-order valence-corrected chi connectivity index (χ4v) is 11.0. The number of carbonyl (C=O) groups is 3. The molecule has 4 saturated carbocycles. The molecule has 1 aromatic heterocycles. The number of aliphatic hydroxyl groups excluding tert-OH is 3. The summed E-state index contributed by atoms with van der Waals surface area (Å²) < 4.78 is 29.8. The maximum absolute atomic E-state index is 14.8. The van der Waals surface area contributed by atoms with Crippen molar-refractivity contribution in [2.75, 3.05) is 6.61 Å². The van der Waals surface area contributed by atoms with Gasteiger partial charge in [0, 0.05) is 41.4 Å². The van der Waals surface area contributed by atoms with Crippen molar-refractivity contribution in [2.45, 2.75) is 109 Å². The maximum Gasteiger partial charge on any atom is 0.310 e. The van der Waals surface area contributed by atoms with Crippen LogP contribution in [0.2, 0.25) is 0 Å². The summed E-state index contributed by atoms with van der Waals surface area (Å²) in [6, 6.07) is 1.84. The largest absolute Gasteiger partial charge is 0.472 e. The van der Waals surface area contributed by atoms with E-state index < -0.39 is 93.4 Å². The minimum Gasteiger partial charge on any atom is -0.472 e. The van der Waals surface area contributed by atoms with E-state index >= 15 is 0 Å². The lowest BCUT2D eigenvalue weighted by Gasteiger charge is -2.73. The Morgan fingerprint density at radius 1 is 1.02 bits per heavy atom. The van der Waals surface area contributed by atoms with Gasteiger partial charge in [-0.05, 0) is 37.3 Å². The topological polar surface area (TPSA) is 165 Å². The predicted molar refractivity (Wildman–Crippen MR) is 146 cm³/mol. The van der Waals surface area contributed by atoms with Crippen LogP contribution < -0.4 is 0 Å². The van der Waals surface area contributed by atoms with Crippen molar-refractivity contribution in [2.24, 2.45) is 39.4 Å². The standard InChI is InChI=1S/C32H42O11/c1-14(2)26(38)42-27-28(4)18-10-19(34)30(6)24(31(18,13-40-27)20(35)11-21(28)41-15(3)33)23(36)25(37)29(5)17(16-7-8-39-12-16)9-22-32(29,30)43-22/h7-8,12,14,17-22,24-25,27,34-35,37H,9-11,13H2,1-6H3/t17-,18-,19+,20-,21+,22+,24-,25-,27-,28+,29+,30+,31+,32+/m0/s1. The number of carbonyl (C=O) groups excluding carboxylic acids is 3. The number of aliphatic hydroxyl groups is 3. The summed E-state index contributed by atoms with van der Waals surface area (Å²) in [5.41, 5.74) is -4.95. The Balaban J connectivity index is 1.38. The van der Waals surface area contributed by atoms with E-state index in [1.54, 1.807) is 33.3 Å². The molecule has 1 aromatic rings. The van der Waals surface area contributed by atoms with E-state index in [1.807, 2.05) is 19.9 Å². The zero-order valence-corrected chi connectivity index (χ0v) is 25.4. The minimum atomic E-state index is -1.46. The van der Waals surface area contributed by atoms with Gasteiger partial charge in [-0.2, -0.15) is 0 Å². The molecule has 0 radical (unpaired) electrons. The van der Waals surface area contributed by atoms with Gasteiger partial charge in [-0.25, -0.2) is 0 Å². The summed E-state index contributed by atoms with van der Waals surface area (Å²) in [6.45, 7) is 10.0. The van der Waals surface area contributed by atoms with E-state index in [4.69, 9.17) is 23.4 Å². The molecule has 3 N–H and O–H groups in total. The van der Waals surface area contributed by atoms with Crippen LogP contribution in [0, 0.1) is 39.4 Å². The van der Waals surface area contributed by atoms with E-state index in [1.165, 1.54) is 6.92 Å². The Kier molecular flexibility index (Phi) is 6.09. The number of hydrogen-bond acceptors (Lipinski definition) is 11. The highest BCUT2D eigenvalue weighted by atomic mass is 16.7. The average molecular weight is 603 g/mol. The van der Waals surface area contributed by atoms with Gasteiger partial charge in [0.05, 0.1) is 48.8 Å². The van der Waals surface area contributed by atoms with Crippen LogP contribution in [0.5, 0.6) is 0 Å². The van der Waals surface area contributed by atoms with Crippen molar-refractivity contribution in [3.8, 4) is 0 Å². The lowest BCUT2D eigenvalue weighted by atomic mass is 9.33. The molecule has 2 bridgehead atoms. The van der Waals surface area contributed by atoms with E-state index in [2.05, 4.69) is 0 Å². The molecule has 11 heteroatoms. The van der Waals surface area contributed by atoms with Crippen LogP contribution in [0.15, 0.2) is 23.0 Å². The van der Waals surface area contributed by atoms with Crippen LogP contribution in [0.25, 0.3) is 0 Å². The molecule has 2 saturated heterocycles. The van der Waals surface area contributed by atoms with Gasteiger partial charge in [-0.15, -0.1) is 0 Å². The van der Waals surface area contributed by atoms with Gasteiger partial charge in [-0.3, -0.25) is 14.4 Å². The summed E-state index contributed by atoms with van der Waals surface area (Å²) in [4.78, 5) is 39.9. The first-order valence-corrected chi connectivity index (χ1v) is 15.4. The van der Waals surface area contributed by atoms with Gasteiger partial charge >= 0.3 is 11.9 Å². The van der Waals surface area contributed by atoms with E-state index in [-0.39, 0.29) is 31.5 Å². The van der Waals surface area contributed by atoms with Crippen LogP contribution in [0.3, 0.4) is 0 Å². The van der Waals surface area contributed by atoms with Crippen LogP contribution in [-0.4, -0.2) is 82.1 Å². The van der Waals surface area contributed by atoms with Crippen molar-refractivity contribution in [3.63, 3.8) is 0 Å². The third kappa shape index (κ3) is 3.15. The first-order chi connectivity index (χ1) is 20.1. The van der Waals surface area contributed by atoms with Crippen molar-refractivity contribution in [1.29, 1.82) is 0 Å². The number of ether oxygens (including phenoxy) is 4. The maximum atomic E-state index is 14.8. The highest BCUT2D eigenvalue weighted by Crippen LogP contribution is 2.82. The predicted octanol–water partition coefficient (Wildman–Crippen LogP) is 2.10. The number of ketones is 1. The Labute approximate surface area is 250 Å². The smallest absolute Gasteiger partial charge is 0.310 e. The summed E-state index contributed by atoms with van der Waals surface area (Å²) in [6.07, 6.45) is -2.30. The average Bonchev–Trinajstić information content (AvgIpc) is 3.30. The molecule has 14 atom stereocenters. The second kappa shape index (κ2) is 8.90. The Morgan fingerprint density at radius 3 is 2.37 bits per heavy atom. The monoisotopic (exact) mass is 602 g/mol. The molecule has 0 aromatic carbocycles. The number of epoxide rings is 1. The van der Waals surface area contributed by atoms with E-state index in [0.717, 1.165) is 5.56 Å². The molecular formula is C32H42O11. The fourth-order valence-electron chi connectivity index (χ4n) is 11.0. The summed E-state index contributed by atoms with van der Waals surface area (Å²) >= 11 is 0. The van der Waals surface area contributed by atoms with Gasteiger partial charge in [0.1, 0.15) is 17.8 Å². The quantitative estimate of drug-likeness (QED) is 0.341. The highest BCUT2D eigenvalue weighted by molar-refractivity contribution is 5.91. The molecule has 6 aliphatic rings. The molecular weight excluding hydrogens is 560 g/mol. The normalized spacial score (nSPS) is 52.9. The molecule has 1 spiro atoms. The Morgan fingerprint density at radius 2 is 1.74 bits per heavy atom. The number of fused-ring (bicyclic) bond motifs is 1. The molecule has 3 heterocycles. The van der Waals surface area contributed by atoms with Crippen molar-refractivity contribution < 1.29 is 53.1 Å². The molecule has 4 aliphatic carbocycles. The Bertz CT molecular complexity index is 1360. The zero-order valence-electron chi connectivity index (χ0n) is 25.4. The number of furan rings is 1. The van der Waals surface area contributed by atoms with Gasteiger partial charge in [-0.1, -0.05) is 27.7 Å². The molecule has 11 nitrogen and oxygen atoms in total. The van der Waals surface area contributed by atoms with Gasteiger partial charge in [0.15, 0.2) is 5.78 Å². The molecule has 43 heavy (non-hydrogen) atoms. The molecule has 0 unspecified atom stereocenters. The van der Waals surface area contributed by atoms with Gasteiger partial charge in [0.25, 0.3) is 0 Å². The van der Waals surface area contributed by atoms with Crippen LogP contribution in [-0.2, 0) is 33.3 Å². The summed E-state index contributed by atoms with van der Waals surface area (Å²) in [7, 11) is 0. The number of Topliss-reactive ketones (excluding diaryl/α,β-unsaturated/α-hetero) is 1. The van der Waals surface area contributed by atoms with E-state index in [0.29, 0.717) is 6.42 Å². The van der Waals surface area contributed by atoms with Gasteiger partial charge < -0.3 is 38.7 Å². The highest BCUT2D eigenvalue weighted by Gasteiger charge is 2.92. The minimum absolute atomic E-state index is 0.0239. The summed E-state index contributed by atoms with van der Waals surface area (Å²) in [5.74, 6) is -3.98. The van der Waals surface area contributed by atoms with Crippen LogP contribution >= 0.6 is 0 Å². The molecule has 7 rings (SSSR count). The molecule has 236 valence electrons. The molecule has 2 aliphatic heterocycles. The number of esters is 2. The second-order valence-corrected chi connectivity index (χ2v) is 14.9. The lowest BCUT2D eigenvalue weighted by Crippen LogP contribution is -2.82. The van der Waals surface area contributed by atoms with Crippen molar-refractivity contribution >= 4 is 17.7 Å². The van der Waals surface area contributed by atoms with Gasteiger partial charge in [0.2, 0.25) is 6.29 Å². The lowest BCUT2D eigenvalue weighted by molar-refractivity contribution is -0.374.